The zero-order valence-electron chi connectivity index (χ0n) is 8.15. The topological polar surface area (TPSA) is 9.23 Å². The summed E-state index contributed by atoms with van der Waals surface area (Å²) in [7, 11) is 0. The zero-order valence-corrected chi connectivity index (χ0v) is 8.15. The van der Waals surface area contributed by atoms with Gasteiger partial charge in [-0.2, -0.15) is 0 Å². The molecule has 0 aliphatic carbocycles. The fraction of sp³-hybridized carbons (Fsp3) is 0.385. The number of hydrogen-bond acceptors (Lipinski definition) is 1. The van der Waals surface area contributed by atoms with Gasteiger partial charge >= 0.3 is 0 Å². The van der Waals surface area contributed by atoms with Crippen LogP contribution in [0.4, 0.5) is 0 Å². The molecule has 0 saturated carbocycles. The largest absolute Gasteiger partial charge is 0.365 e. The predicted octanol–water partition coefficient (Wildman–Crippen LogP) is 3.40. The lowest BCUT2D eigenvalue weighted by molar-refractivity contribution is 0.0602. The summed E-state index contributed by atoms with van der Waals surface area (Å²) in [5, 5.41) is 0. The number of benzene rings is 1. The van der Waals surface area contributed by atoms with Crippen LogP contribution >= 0.6 is 0 Å². The lowest BCUT2D eigenvalue weighted by Crippen LogP contribution is -2.09. The minimum atomic E-state index is 0.342. The monoisotopic (exact) mass is 186 g/mol. The van der Waals surface area contributed by atoms with E-state index in [2.05, 4.69) is 30.8 Å². The highest BCUT2D eigenvalue weighted by molar-refractivity contribution is 5.37. The molecule has 2 heterocycles. The highest BCUT2D eigenvalue weighted by Crippen LogP contribution is 2.54. The number of rotatable bonds is 2. The predicted molar refractivity (Wildman–Crippen MR) is 55.9 cm³/mol. The third kappa shape index (κ3) is 0.992. The second kappa shape index (κ2) is 2.96. The highest BCUT2D eigenvalue weighted by atomic mass is 16.5. The Kier molecular flexibility index (Phi) is 1.74. The van der Waals surface area contributed by atoms with Gasteiger partial charge in [0.15, 0.2) is 0 Å². The summed E-state index contributed by atoms with van der Waals surface area (Å²) in [6, 6.07) is 8.61. The summed E-state index contributed by atoms with van der Waals surface area (Å²) in [6.07, 6.45) is 4.97. The molecule has 3 atom stereocenters. The van der Waals surface area contributed by atoms with Gasteiger partial charge in [0.2, 0.25) is 0 Å². The Morgan fingerprint density at radius 1 is 1.36 bits per heavy atom. The molecular weight excluding hydrogens is 172 g/mol. The van der Waals surface area contributed by atoms with Gasteiger partial charge in [-0.1, -0.05) is 30.3 Å². The molecule has 72 valence electrons. The van der Waals surface area contributed by atoms with Crippen LogP contribution in [0.3, 0.4) is 0 Å². The molecule has 1 fully saturated rings. The molecule has 0 aromatic heterocycles. The van der Waals surface area contributed by atoms with E-state index < -0.39 is 0 Å². The van der Waals surface area contributed by atoms with Gasteiger partial charge in [0.1, 0.15) is 0 Å². The van der Waals surface area contributed by atoms with Gasteiger partial charge in [-0.05, 0) is 29.9 Å². The maximum atomic E-state index is 5.96. The van der Waals surface area contributed by atoms with Crippen molar-refractivity contribution in [3.05, 3.63) is 48.0 Å². The van der Waals surface area contributed by atoms with E-state index in [1.54, 1.807) is 0 Å². The van der Waals surface area contributed by atoms with Crippen molar-refractivity contribution >= 4 is 0 Å². The third-order valence-electron chi connectivity index (χ3n) is 3.37. The molecule has 2 aliphatic heterocycles. The maximum Gasteiger partial charge on any atom is 0.0869 e. The van der Waals surface area contributed by atoms with E-state index in [-0.39, 0.29) is 0 Å². The van der Waals surface area contributed by atoms with Crippen molar-refractivity contribution in [2.24, 2.45) is 5.92 Å². The first-order valence-corrected chi connectivity index (χ1v) is 5.25. The molecule has 3 rings (SSSR count). The van der Waals surface area contributed by atoms with Crippen molar-refractivity contribution in [1.29, 1.82) is 0 Å². The Morgan fingerprint density at radius 2 is 2.14 bits per heavy atom. The van der Waals surface area contributed by atoms with E-state index in [9.17, 15) is 0 Å². The molecule has 1 aromatic carbocycles. The minimum Gasteiger partial charge on any atom is -0.365 e. The van der Waals surface area contributed by atoms with Crippen LogP contribution in [0.2, 0.25) is 0 Å². The highest BCUT2D eigenvalue weighted by Gasteiger charge is 2.43. The average Bonchev–Trinajstić information content (AvgIpc) is 2.77. The smallest absolute Gasteiger partial charge is 0.0869 e. The molecule has 1 nitrogen and oxygen atoms in total. The molecule has 14 heavy (non-hydrogen) atoms. The van der Waals surface area contributed by atoms with Crippen molar-refractivity contribution in [2.75, 3.05) is 0 Å². The second-order valence-electron chi connectivity index (χ2n) is 4.19. The fourth-order valence-electron chi connectivity index (χ4n) is 2.77. The van der Waals surface area contributed by atoms with Crippen LogP contribution in [0.15, 0.2) is 36.9 Å². The standard InChI is InChI=1S/C13H14O/c1-2-5-9-8-12-10-6-3-4-7-11(10)13(9)14-12/h2-4,6-7,9,12-13H,1,5,8H2. The van der Waals surface area contributed by atoms with Crippen molar-refractivity contribution in [1.82, 2.24) is 0 Å². The van der Waals surface area contributed by atoms with Crippen molar-refractivity contribution < 1.29 is 4.74 Å². The van der Waals surface area contributed by atoms with Crippen LogP contribution in [-0.4, -0.2) is 0 Å². The number of ether oxygens (including phenoxy) is 1. The first-order valence-electron chi connectivity index (χ1n) is 5.25. The Bertz CT molecular complexity index is 369. The van der Waals surface area contributed by atoms with Gasteiger partial charge in [0.25, 0.3) is 0 Å². The summed E-state index contributed by atoms with van der Waals surface area (Å²) >= 11 is 0. The van der Waals surface area contributed by atoms with Gasteiger partial charge in [-0.25, -0.2) is 0 Å². The first kappa shape index (κ1) is 8.25. The molecule has 3 unspecified atom stereocenters. The Labute approximate surface area is 84.4 Å². The third-order valence-corrected chi connectivity index (χ3v) is 3.37. The first-order chi connectivity index (χ1) is 6.90. The van der Waals surface area contributed by atoms with Crippen LogP contribution in [0.1, 0.15) is 36.2 Å². The molecule has 0 spiro atoms. The summed E-state index contributed by atoms with van der Waals surface area (Å²) in [5.74, 6) is 0.660. The number of hydrogen-bond donors (Lipinski definition) is 0. The maximum absolute atomic E-state index is 5.96. The van der Waals surface area contributed by atoms with E-state index >= 15 is 0 Å². The van der Waals surface area contributed by atoms with Gasteiger partial charge in [-0.3, -0.25) is 0 Å². The molecule has 0 amide bonds. The van der Waals surface area contributed by atoms with Gasteiger partial charge in [-0.15, -0.1) is 6.58 Å². The molecular formula is C13H14O. The van der Waals surface area contributed by atoms with E-state index in [1.165, 1.54) is 17.5 Å². The molecule has 2 aliphatic rings. The number of allylic oxidation sites excluding steroid dienone is 1. The van der Waals surface area contributed by atoms with Crippen molar-refractivity contribution in [2.45, 2.75) is 25.0 Å². The summed E-state index contributed by atoms with van der Waals surface area (Å²) in [5.41, 5.74) is 2.83. The Morgan fingerprint density at radius 3 is 2.93 bits per heavy atom. The van der Waals surface area contributed by atoms with Gasteiger partial charge in [0, 0.05) is 0 Å². The normalized spacial score (nSPS) is 33.0. The SMILES string of the molecule is C=CCC1CC2OC1c1ccccc12. The molecule has 1 aromatic rings. The van der Waals surface area contributed by atoms with E-state index in [0.717, 1.165) is 6.42 Å². The van der Waals surface area contributed by atoms with Crippen LogP contribution in [0, 0.1) is 5.92 Å². The van der Waals surface area contributed by atoms with Gasteiger partial charge < -0.3 is 4.74 Å². The van der Waals surface area contributed by atoms with Crippen LogP contribution in [0.5, 0.6) is 0 Å². The van der Waals surface area contributed by atoms with E-state index in [1.807, 2.05) is 6.08 Å². The van der Waals surface area contributed by atoms with Crippen LogP contribution < -0.4 is 0 Å². The molecule has 1 heteroatoms. The molecule has 0 N–H and O–H groups in total. The Hall–Kier alpha value is -1.08. The second-order valence-corrected chi connectivity index (χ2v) is 4.19. The van der Waals surface area contributed by atoms with Crippen molar-refractivity contribution in [3.63, 3.8) is 0 Å². The van der Waals surface area contributed by atoms with E-state index in [4.69, 9.17) is 4.74 Å². The summed E-state index contributed by atoms with van der Waals surface area (Å²) < 4.78 is 5.96. The summed E-state index contributed by atoms with van der Waals surface area (Å²) in [4.78, 5) is 0. The van der Waals surface area contributed by atoms with Crippen molar-refractivity contribution in [3.8, 4) is 0 Å². The Balaban J connectivity index is 1.98. The zero-order chi connectivity index (χ0) is 9.54. The lowest BCUT2D eigenvalue weighted by Gasteiger charge is -2.19. The van der Waals surface area contributed by atoms with E-state index in [0.29, 0.717) is 18.1 Å². The molecule has 0 radical (unpaired) electrons. The fourth-order valence-corrected chi connectivity index (χ4v) is 2.77. The minimum absolute atomic E-state index is 0.342. The average molecular weight is 186 g/mol. The number of fused-ring (bicyclic) bond motifs is 5. The van der Waals surface area contributed by atoms with Gasteiger partial charge in [0.05, 0.1) is 12.2 Å². The summed E-state index contributed by atoms with van der Waals surface area (Å²) in [6.45, 7) is 3.81. The quantitative estimate of drug-likeness (QED) is 0.643. The van der Waals surface area contributed by atoms with Crippen LogP contribution in [0.25, 0.3) is 0 Å². The molecule has 2 bridgehead atoms. The molecule has 1 saturated heterocycles. The lowest BCUT2D eigenvalue weighted by atomic mass is 9.82. The van der Waals surface area contributed by atoms with Crippen LogP contribution in [-0.2, 0) is 4.74 Å².